The van der Waals surface area contributed by atoms with E-state index in [1.54, 1.807) is 10.6 Å². The standard InChI is InChI=1S/C19H19N5O3/c25-19-16-11-15(24(26)27)7-8-17(16)21-18(12-22-10-4-9-20-13-22)23(19)14-5-2-1-3-6-14/h1-3,5-8,11,20H,4,9-10,12-13H2. The van der Waals surface area contributed by atoms with Gasteiger partial charge in [0.1, 0.15) is 5.82 Å². The number of hydrogen-bond donors (Lipinski definition) is 1. The minimum atomic E-state index is -0.501. The SMILES string of the molecule is O=c1c2cc([N+](=O)[O-])ccc2nc(CN2CCCNC2)n1-c1ccccc1. The highest BCUT2D eigenvalue weighted by molar-refractivity contribution is 5.80. The van der Waals surface area contributed by atoms with Gasteiger partial charge in [0.25, 0.3) is 11.2 Å². The van der Waals surface area contributed by atoms with Gasteiger partial charge in [0.15, 0.2) is 0 Å². The van der Waals surface area contributed by atoms with Crippen LogP contribution in [0.2, 0.25) is 0 Å². The van der Waals surface area contributed by atoms with Gasteiger partial charge in [0, 0.05) is 25.3 Å². The molecule has 8 heteroatoms. The summed E-state index contributed by atoms with van der Waals surface area (Å²) in [6.45, 7) is 3.17. The smallest absolute Gasteiger partial charge is 0.270 e. The van der Waals surface area contributed by atoms with Gasteiger partial charge in [-0.2, -0.15) is 0 Å². The summed E-state index contributed by atoms with van der Waals surface area (Å²) in [4.78, 5) is 30.7. The van der Waals surface area contributed by atoms with Gasteiger partial charge < -0.3 is 5.32 Å². The number of hydrogen-bond acceptors (Lipinski definition) is 6. The summed E-state index contributed by atoms with van der Waals surface area (Å²) < 4.78 is 1.56. The summed E-state index contributed by atoms with van der Waals surface area (Å²) in [5.41, 5.74) is 0.755. The number of nitro benzene ring substituents is 1. The first-order chi connectivity index (χ1) is 13.1. The van der Waals surface area contributed by atoms with E-state index in [2.05, 4.69) is 15.2 Å². The predicted octanol–water partition coefficient (Wildman–Crippen LogP) is 2.05. The first-order valence-corrected chi connectivity index (χ1v) is 8.82. The average molecular weight is 365 g/mol. The second kappa shape index (κ2) is 7.26. The van der Waals surface area contributed by atoms with Crippen molar-refractivity contribution in [2.45, 2.75) is 13.0 Å². The molecule has 138 valence electrons. The minimum Gasteiger partial charge on any atom is -0.304 e. The second-order valence-corrected chi connectivity index (χ2v) is 6.53. The van der Waals surface area contributed by atoms with Crippen molar-refractivity contribution >= 4 is 16.6 Å². The summed E-state index contributed by atoms with van der Waals surface area (Å²) in [6, 6.07) is 13.5. The Kier molecular flexibility index (Phi) is 4.66. The van der Waals surface area contributed by atoms with E-state index in [9.17, 15) is 14.9 Å². The molecule has 1 saturated heterocycles. The molecule has 0 bridgehead atoms. The van der Waals surface area contributed by atoms with Crippen molar-refractivity contribution < 1.29 is 4.92 Å². The van der Waals surface area contributed by atoms with Gasteiger partial charge in [-0.25, -0.2) is 4.98 Å². The lowest BCUT2D eigenvalue weighted by atomic mass is 10.2. The molecule has 2 heterocycles. The molecule has 1 fully saturated rings. The molecular formula is C19H19N5O3. The third kappa shape index (κ3) is 3.44. The second-order valence-electron chi connectivity index (χ2n) is 6.53. The van der Waals surface area contributed by atoms with E-state index in [4.69, 9.17) is 0 Å². The number of para-hydroxylation sites is 1. The summed E-state index contributed by atoms with van der Waals surface area (Å²) >= 11 is 0. The van der Waals surface area contributed by atoms with Crippen LogP contribution in [0.4, 0.5) is 5.69 Å². The van der Waals surface area contributed by atoms with E-state index < -0.39 is 4.92 Å². The van der Waals surface area contributed by atoms with Crippen LogP contribution < -0.4 is 10.9 Å². The number of benzene rings is 2. The van der Waals surface area contributed by atoms with Crippen molar-refractivity contribution in [2.75, 3.05) is 19.8 Å². The van der Waals surface area contributed by atoms with Crippen molar-refractivity contribution in [3.63, 3.8) is 0 Å². The molecule has 8 nitrogen and oxygen atoms in total. The van der Waals surface area contributed by atoms with Gasteiger partial charge in [-0.1, -0.05) is 18.2 Å². The van der Waals surface area contributed by atoms with Crippen LogP contribution in [0.1, 0.15) is 12.2 Å². The maximum Gasteiger partial charge on any atom is 0.270 e. The molecule has 0 saturated carbocycles. The molecule has 0 spiro atoms. The predicted molar refractivity (Wildman–Crippen MR) is 102 cm³/mol. The zero-order chi connectivity index (χ0) is 18.8. The van der Waals surface area contributed by atoms with Crippen molar-refractivity contribution in [1.82, 2.24) is 19.8 Å². The van der Waals surface area contributed by atoms with Gasteiger partial charge in [-0.3, -0.25) is 24.4 Å². The van der Waals surface area contributed by atoms with E-state index in [-0.39, 0.29) is 16.6 Å². The first kappa shape index (κ1) is 17.3. The molecule has 0 unspecified atom stereocenters. The molecule has 0 amide bonds. The Morgan fingerprint density at radius 1 is 1.19 bits per heavy atom. The maximum atomic E-state index is 13.2. The van der Waals surface area contributed by atoms with Gasteiger partial charge >= 0.3 is 0 Å². The molecule has 1 aromatic heterocycles. The van der Waals surface area contributed by atoms with E-state index >= 15 is 0 Å². The molecule has 0 radical (unpaired) electrons. The fourth-order valence-electron chi connectivity index (χ4n) is 3.36. The number of nitrogens with one attached hydrogen (secondary N) is 1. The highest BCUT2D eigenvalue weighted by atomic mass is 16.6. The number of rotatable bonds is 4. The normalized spacial score (nSPS) is 15.1. The summed E-state index contributed by atoms with van der Waals surface area (Å²) in [5, 5.41) is 14.7. The number of fused-ring (bicyclic) bond motifs is 1. The molecule has 0 atom stereocenters. The summed E-state index contributed by atoms with van der Waals surface area (Å²) in [6.07, 6.45) is 1.04. The van der Waals surface area contributed by atoms with E-state index in [0.717, 1.165) is 26.2 Å². The number of aromatic nitrogens is 2. The molecule has 27 heavy (non-hydrogen) atoms. The monoisotopic (exact) mass is 365 g/mol. The Bertz CT molecular complexity index is 1040. The van der Waals surface area contributed by atoms with Crippen LogP contribution in [0.5, 0.6) is 0 Å². The highest BCUT2D eigenvalue weighted by Crippen LogP contribution is 2.19. The maximum absolute atomic E-state index is 13.2. The van der Waals surface area contributed by atoms with Gasteiger partial charge in [-0.05, 0) is 31.2 Å². The minimum absolute atomic E-state index is 0.117. The summed E-state index contributed by atoms with van der Waals surface area (Å²) in [5.74, 6) is 0.622. The Morgan fingerprint density at radius 3 is 2.70 bits per heavy atom. The zero-order valence-electron chi connectivity index (χ0n) is 14.7. The van der Waals surface area contributed by atoms with E-state index in [1.807, 2.05) is 30.3 Å². The highest BCUT2D eigenvalue weighted by Gasteiger charge is 2.18. The molecule has 1 N–H and O–H groups in total. The van der Waals surface area contributed by atoms with Crippen LogP contribution in [0.25, 0.3) is 16.6 Å². The molecule has 1 aliphatic rings. The van der Waals surface area contributed by atoms with Gasteiger partial charge in [0.2, 0.25) is 0 Å². The van der Waals surface area contributed by atoms with Gasteiger partial charge in [-0.15, -0.1) is 0 Å². The number of nitro groups is 1. The van der Waals surface area contributed by atoms with Crippen LogP contribution in [-0.2, 0) is 6.54 Å². The fraction of sp³-hybridized carbons (Fsp3) is 0.263. The van der Waals surface area contributed by atoms with E-state index in [0.29, 0.717) is 23.6 Å². The van der Waals surface area contributed by atoms with Crippen molar-refractivity contribution in [2.24, 2.45) is 0 Å². The van der Waals surface area contributed by atoms with Crippen LogP contribution in [0.15, 0.2) is 53.3 Å². The summed E-state index contributed by atoms with van der Waals surface area (Å²) in [7, 11) is 0. The van der Waals surface area contributed by atoms with Crippen molar-refractivity contribution in [3.8, 4) is 5.69 Å². The van der Waals surface area contributed by atoms with E-state index in [1.165, 1.54) is 12.1 Å². The lowest BCUT2D eigenvalue weighted by Gasteiger charge is -2.27. The Morgan fingerprint density at radius 2 is 2.00 bits per heavy atom. The van der Waals surface area contributed by atoms with Gasteiger partial charge in [0.05, 0.1) is 28.1 Å². The zero-order valence-corrected chi connectivity index (χ0v) is 14.7. The Hall–Kier alpha value is -3.10. The van der Waals surface area contributed by atoms with Crippen LogP contribution in [0, 0.1) is 10.1 Å². The lowest BCUT2D eigenvalue weighted by molar-refractivity contribution is -0.384. The molecule has 4 rings (SSSR count). The molecule has 0 aliphatic carbocycles. The lowest BCUT2D eigenvalue weighted by Crippen LogP contribution is -2.42. The van der Waals surface area contributed by atoms with Crippen molar-refractivity contribution in [1.29, 1.82) is 0 Å². The quantitative estimate of drug-likeness (QED) is 0.562. The average Bonchev–Trinajstić information content (AvgIpc) is 2.69. The number of non-ortho nitro benzene ring substituents is 1. The van der Waals surface area contributed by atoms with Crippen molar-refractivity contribution in [3.05, 3.63) is 74.8 Å². The largest absolute Gasteiger partial charge is 0.304 e. The third-order valence-electron chi connectivity index (χ3n) is 4.67. The molecule has 1 aliphatic heterocycles. The molecular weight excluding hydrogens is 346 g/mol. The van der Waals surface area contributed by atoms with Crippen LogP contribution >= 0.6 is 0 Å². The van der Waals surface area contributed by atoms with Crippen LogP contribution in [0.3, 0.4) is 0 Å². The first-order valence-electron chi connectivity index (χ1n) is 8.82. The Balaban J connectivity index is 1.90. The van der Waals surface area contributed by atoms with Crippen LogP contribution in [-0.4, -0.2) is 39.1 Å². The number of nitrogens with zero attached hydrogens (tertiary/aromatic N) is 4. The fourth-order valence-corrected chi connectivity index (χ4v) is 3.36. The Labute approximate surface area is 155 Å². The molecule has 3 aromatic rings. The third-order valence-corrected chi connectivity index (χ3v) is 4.67. The molecule has 2 aromatic carbocycles. The topological polar surface area (TPSA) is 93.3 Å².